The Balaban J connectivity index is 1.53. The molecule has 0 spiro atoms. The van der Waals surface area contributed by atoms with E-state index in [0.29, 0.717) is 35.3 Å². The third kappa shape index (κ3) is 6.12. The van der Waals surface area contributed by atoms with Crippen LogP contribution in [0.4, 0.5) is 21.9 Å². The van der Waals surface area contributed by atoms with Gasteiger partial charge in [-0.25, -0.2) is 4.79 Å². The summed E-state index contributed by atoms with van der Waals surface area (Å²) in [6.07, 6.45) is 1.56. The molecule has 0 aliphatic heterocycles. The van der Waals surface area contributed by atoms with Crippen molar-refractivity contribution in [3.63, 3.8) is 0 Å². The van der Waals surface area contributed by atoms with Crippen molar-refractivity contribution in [2.75, 3.05) is 22.1 Å². The van der Waals surface area contributed by atoms with Crippen molar-refractivity contribution < 1.29 is 14.0 Å². The fraction of sp³-hybridized carbons (Fsp3) is 0.250. The lowest BCUT2D eigenvalue weighted by Gasteiger charge is -2.27. The van der Waals surface area contributed by atoms with Crippen molar-refractivity contribution in [1.82, 2.24) is 5.32 Å². The van der Waals surface area contributed by atoms with Gasteiger partial charge in [-0.2, -0.15) is 0 Å². The van der Waals surface area contributed by atoms with Gasteiger partial charge in [0.15, 0.2) is 0 Å². The van der Waals surface area contributed by atoms with Crippen LogP contribution < -0.4 is 20.9 Å². The Morgan fingerprint density at radius 1 is 0.935 bits per heavy atom. The number of carbonyl (C=O) groups excluding carboxylic acids is 2. The number of urea groups is 1. The molecule has 3 aromatic rings. The molecule has 2 aromatic carbocycles. The maximum Gasteiger partial charge on any atom is 0.319 e. The predicted octanol–water partition coefficient (Wildman–Crippen LogP) is 5.09. The van der Waals surface area contributed by atoms with Gasteiger partial charge in [0.2, 0.25) is 0 Å². The molecule has 0 bridgehead atoms. The highest BCUT2D eigenvalue weighted by Gasteiger charge is 2.11. The van der Waals surface area contributed by atoms with E-state index in [1.165, 1.54) is 0 Å². The highest BCUT2D eigenvalue weighted by atomic mass is 16.3. The SMILES string of the molecule is CCN(c1ccc(C(=O)Nc2ccc(NC(=O)NCc3ccco3)cc2)cc1)C(C)C. The molecular weight excluding hydrogens is 392 g/mol. The van der Waals surface area contributed by atoms with Crippen molar-refractivity contribution in [3.8, 4) is 0 Å². The van der Waals surface area contributed by atoms with E-state index in [2.05, 4.69) is 41.6 Å². The summed E-state index contributed by atoms with van der Waals surface area (Å²) in [5, 5.41) is 8.32. The zero-order valence-corrected chi connectivity index (χ0v) is 18.0. The predicted molar refractivity (Wildman–Crippen MR) is 124 cm³/mol. The summed E-state index contributed by atoms with van der Waals surface area (Å²) in [4.78, 5) is 26.8. The summed E-state index contributed by atoms with van der Waals surface area (Å²) in [6, 6.07) is 18.1. The van der Waals surface area contributed by atoms with Gasteiger partial charge in [-0.1, -0.05) is 0 Å². The summed E-state index contributed by atoms with van der Waals surface area (Å²) >= 11 is 0. The van der Waals surface area contributed by atoms with E-state index >= 15 is 0 Å². The number of hydrogen-bond acceptors (Lipinski definition) is 4. The minimum absolute atomic E-state index is 0.184. The first-order chi connectivity index (χ1) is 15.0. The topological polar surface area (TPSA) is 86.6 Å². The van der Waals surface area contributed by atoms with Gasteiger partial charge in [-0.15, -0.1) is 0 Å². The molecular formula is C24H28N4O3. The quantitative estimate of drug-likeness (QED) is 0.474. The molecule has 0 aliphatic carbocycles. The van der Waals surface area contributed by atoms with Crippen LogP contribution in [0.5, 0.6) is 0 Å². The summed E-state index contributed by atoms with van der Waals surface area (Å²) in [5.74, 6) is 0.490. The van der Waals surface area contributed by atoms with Gasteiger partial charge in [-0.05, 0) is 81.4 Å². The number of nitrogens with zero attached hydrogens (tertiary/aromatic N) is 1. The highest BCUT2D eigenvalue weighted by Crippen LogP contribution is 2.19. The highest BCUT2D eigenvalue weighted by molar-refractivity contribution is 6.04. The van der Waals surface area contributed by atoms with Crippen LogP contribution in [0.25, 0.3) is 0 Å². The molecule has 31 heavy (non-hydrogen) atoms. The molecule has 162 valence electrons. The van der Waals surface area contributed by atoms with Gasteiger partial charge in [0.25, 0.3) is 5.91 Å². The van der Waals surface area contributed by atoms with Gasteiger partial charge in [0, 0.05) is 35.2 Å². The second kappa shape index (κ2) is 10.3. The number of benzene rings is 2. The molecule has 7 nitrogen and oxygen atoms in total. The third-order valence-corrected chi connectivity index (χ3v) is 4.83. The van der Waals surface area contributed by atoms with E-state index in [-0.39, 0.29) is 11.9 Å². The second-order valence-corrected chi connectivity index (χ2v) is 7.35. The van der Waals surface area contributed by atoms with Crippen LogP contribution in [-0.4, -0.2) is 24.5 Å². The Hall–Kier alpha value is -3.74. The Bertz CT molecular complexity index is 981. The van der Waals surface area contributed by atoms with Crippen LogP contribution >= 0.6 is 0 Å². The monoisotopic (exact) mass is 420 g/mol. The molecule has 0 fully saturated rings. The molecule has 3 amide bonds. The number of carbonyl (C=O) groups is 2. The largest absolute Gasteiger partial charge is 0.467 e. The van der Waals surface area contributed by atoms with E-state index in [1.54, 1.807) is 42.7 Å². The molecule has 0 atom stereocenters. The van der Waals surface area contributed by atoms with Crippen LogP contribution in [0.2, 0.25) is 0 Å². The molecule has 3 rings (SSSR count). The van der Waals surface area contributed by atoms with E-state index in [0.717, 1.165) is 12.2 Å². The number of amides is 3. The number of hydrogen-bond donors (Lipinski definition) is 3. The number of rotatable bonds is 8. The second-order valence-electron chi connectivity index (χ2n) is 7.35. The minimum atomic E-state index is -0.337. The van der Waals surface area contributed by atoms with Crippen LogP contribution in [0.15, 0.2) is 71.3 Å². The standard InChI is InChI=1S/C24H28N4O3/c1-4-28(17(2)3)21-13-7-18(8-14-21)23(29)26-19-9-11-20(12-10-19)27-24(30)25-16-22-6-5-15-31-22/h5-15,17H,4,16H2,1-3H3,(H,26,29)(H2,25,27,30). The van der Waals surface area contributed by atoms with Gasteiger partial charge >= 0.3 is 6.03 Å². The number of nitrogens with one attached hydrogen (secondary N) is 3. The molecule has 0 aliphatic rings. The Morgan fingerprint density at radius 3 is 2.13 bits per heavy atom. The first-order valence-corrected chi connectivity index (χ1v) is 10.3. The maximum absolute atomic E-state index is 12.5. The fourth-order valence-electron chi connectivity index (χ4n) is 3.25. The lowest BCUT2D eigenvalue weighted by Crippen LogP contribution is -2.30. The van der Waals surface area contributed by atoms with Crippen molar-refractivity contribution in [2.24, 2.45) is 0 Å². The van der Waals surface area contributed by atoms with E-state index in [1.807, 2.05) is 24.3 Å². The minimum Gasteiger partial charge on any atom is -0.467 e. The zero-order valence-electron chi connectivity index (χ0n) is 18.0. The number of anilines is 3. The first-order valence-electron chi connectivity index (χ1n) is 10.3. The lowest BCUT2D eigenvalue weighted by atomic mass is 10.1. The zero-order chi connectivity index (χ0) is 22.2. The Morgan fingerprint density at radius 2 is 1.58 bits per heavy atom. The fourth-order valence-corrected chi connectivity index (χ4v) is 3.25. The van der Waals surface area contributed by atoms with Crippen molar-refractivity contribution in [3.05, 3.63) is 78.3 Å². The molecule has 0 unspecified atom stereocenters. The van der Waals surface area contributed by atoms with Crippen LogP contribution in [0.3, 0.4) is 0 Å². The Kier molecular flexibility index (Phi) is 7.32. The lowest BCUT2D eigenvalue weighted by molar-refractivity contribution is 0.102. The average molecular weight is 421 g/mol. The molecule has 1 aromatic heterocycles. The smallest absolute Gasteiger partial charge is 0.319 e. The van der Waals surface area contributed by atoms with E-state index < -0.39 is 0 Å². The van der Waals surface area contributed by atoms with Gasteiger partial charge in [0.1, 0.15) is 5.76 Å². The number of furan rings is 1. The maximum atomic E-state index is 12.5. The van der Waals surface area contributed by atoms with Crippen molar-refractivity contribution in [2.45, 2.75) is 33.4 Å². The Labute approximate surface area is 182 Å². The summed E-state index contributed by atoms with van der Waals surface area (Å²) in [6.45, 7) is 7.61. The van der Waals surface area contributed by atoms with Crippen LogP contribution in [0.1, 0.15) is 36.9 Å². The molecule has 0 radical (unpaired) electrons. The van der Waals surface area contributed by atoms with Gasteiger partial charge < -0.3 is 25.3 Å². The third-order valence-electron chi connectivity index (χ3n) is 4.83. The summed E-state index contributed by atoms with van der Waals surface area (Å²) in [5.41, 5.74) is 2.94. The molecule has 0 saturated carbocycles. The summed E-state index contributed by atoms with van der Waals surface area (Å²) in [7, 11) is 0. The molecule has 3 N–H and O–H groups in total. The van der Waals surface area contributed by atoms with E-state index in [4.69, 9.17) is 4.42 Å². The van der Waals surface area contributed by atoms with Gasteiger partial charge in [-0.3, -0.25) is 4.79 Å². The average Bonchev–Trinajstić information content (AvgIpc) is 3.28. The van der Waals surface area contributed by atoms with Gasteiger partial charge in [0.05, 0.1) is 12.8 Å². The van der Waals surface area contributed by atoms with Crippen molar-refractivity contribution >= 4 is 29.0 Å². The van der Waals surface area contributed by atoms with E-state index in [9.17, 15) is 9.59 Å². The normalized spacial score (nSPS) is 10.6. The molecule has 0 saturated heterocycles. The molecule has 7 heteroatoms. The molecule has 1 heterocycles. The van der Waals surface area contributed by atoms with Crippen LogP contribution in [0, 0.1) is 0 Å². The first kappa shape index (κ1) is 22.0. The van der Waals surface area contributed by atoms with Crippen LogP contribution in [-0.2, 0) is 6.54 Å². The summed E-state index contributed by atoms with van der Waals surface area (Å²) < 4.78 is 5.17. The van der Waals surface area contributed by atoms with Crippen molar-refractivity contribution in [1.29, 1.82) is 0 Å².